The third-order valence-corrected chi connectivity index (χ3v) is 2260. The van der Waals surface area contributed by atoms with Gasteiger partial charge in [-0.05, 0) is 0 Å². The SMILES string of the molecule is [O]=[W](=[O])([OH])[O][Co](=[O])([W](=[O])(=[O])[OH])([W](=[O])(=[O])[OH])([W](=[O])(=[O])[OH])([W](=[O])(=[O])[OH])([W](=[O])(=[O])[OH])([W](=[O])(=[O])[OH])([W](=[O])(=[O])[OH])([W](=[O])(=[O])[OH])([W](=[O])(=[O])[OH])([W](=[O])(=[O])[OH])[W](=[O])(=[O])[OH]. The molecule has 0 saturated heterocycles. The minimum absolute atomic E-state index is 0.876. The van der Waals surface area contributed by atoms with Crippen molar-refractivity contribution in [3.8, 4) is 0 Å². The van der Waals surface area contributed by atoms with Crippen LogP contribution in [0.15, 0.2) is 0 Å². The minimum atomic E-state index is -27.5. The fraction of sp³-hybridized carbons (Fsp3) is 0. The van der Waals surface area contributed by atoms with Crippen LogP contribution >= 0.6 is 0 Å². The van der Waals surface area contributed by atoms with Crippen LogP contribution in [0.3, 0.4) is 0 Å². The fourth-order valence-electron chi connectivity index (χ4n) is 5.54. The normalized spacial score (nSPS) is 26.5. The molecule has 12 N–H and O–H groups in total. The summed E-state index contributed by atoms with van der Waals surface area (Å²) in [5, 5.41) is 0. The summed E-state index contributed by atoms with van der Waals surface area (Å²) in [5.74, 6) is 0. The summed E-state index contributed by atoms with van der Waals surface area (Å²) >= 11 is -209. The second-order valence-electron chi connectivity index (χ2n) is 9.10. The topological polar surface area (TPSA) is 679 Å². The van der Waals surface area contributed by atoms with E-state index in [1.54, 1.807) is 0 Å². The van der Waals surface area contributed by atoms with Gasteiger partial charge in [-0.25, -0.2) is 0 Å². The molecule has 38 nitrogen and oxygen atoms in total. The average Bonchev–Trinajstić information content (AvgIpc) is 2.63. The summed E-state index contributed by atoms with van der Waals surface area (Å²) < 4.78 is 465. The Morgan fingerprint density at radius 3 is 0.333 bits per heavy atom. The van der Waals surface area contributed by atoms with E-state index in [1.165, 1.54) is 0 Å². The van der Waals surface area contributed by atoms with E-state index >= 15 is 3.87 Å². The summed E-state index contributed by atoms with van der Waals surface area (Å²) in [7, 11) is 0. The van der Waals surface area contributed by atoms with Gasteiger partial charge in [0.15, 0.2) is 0 Å². The Morgan fingerprint density at radius 1 is 0.235 bits per heavy atom. The second kappa shape index (κ2) is 6.11. The zero-order chi connectivity index (χ0) is 44.0. The van der Waals surface area contributed by atoms with Crippen LogP contribution in [-0.2, 0) is 237 Å². The van der Waals surface area contributed by atoms with Crippen molar-refractivity contribution in [1.29, 1.82) is 0 Å². The van der Waals surface area contributed by atoms with Gasteiger partial charge >= 0.3 is 282 Å². The molecular weight excluding hydrogens is 2870 g/mol. The molecule has 0 aliphatic rings. The molecule has 0 aliphatic heterocycles. The van der Waals surface area contributed by atoms with Crippen LogP contribution < -0.4 is 0 Å². The third kappa shape index (κ3) is 0.815. The van der Waals surface area contributed by atoms with Crippen LogP contribution in [0.1, 0.15) is 0 Å². The van der Waals surface area contributed by atoms with Gasteiger partial charge < -0.3 is 0 Å². The molecule has 0 aliphatic carbocycles. The average molecular weight is 2890 g/mol. The van der Waals surface area contributed by atoms with Gasteiger partial charge in [-0.15, -0.1) is 0 Å². The molecule has 0 radical (unpaired) electrons. The maximum absolute atomic E-state index is 27.5. The van der Waals surface area contributed by atoms with Crippen molar-refractivity contribution < 1.29 is 282 Å². The van der Waals surface area contributed by atoms with E-state index in [0.717, 1.165) is 2.50 Å². The molecule has 0 heterocycles. The molecular formula is H12CoO38W12. The Morgan fingerprint density at radius 2 is 0.314 bits per heavy atom. The Balaban J connectivity index is 20.2. The van der Waals surface area contributed by atoms with Crippen molar-refractivity contribution in [2.24, 2.45) is 0 Å². The van der Waals surface area contributed by atoms with Crippen molar-refractivity contribution in [2.75, 3.05) is 0 Å². The van der Waals surface area contributed by atoms with Crippen molar-refractivity contribution in [2.45, 2.75) is 0 Å². The van der Waals surface area contributed by atoms with Gasteiger partial charge in [0, 0.05) is 0 Å². The van der Waals surface area contributed by atoms with Crippen molar-refractivity contribution in [3.05, 3.63) is 0 Å². The second-order valence-corrected chi connectivity index (χ2v) is 974. The van der Waals surface area contributed by atoms with E-state index in [0.29, 0.717) is 0 Å². The van der Waals surface area contributed by atoms with Crippen LogP contribution in [0.5, 0.6) is 0 Å². The summed E-state index contributed by atoms with van der Waals surface area (Å²) in [6.45, 7) is 0. The Labute approximate surface area is 275 Å². The summed E-state index contributed by atoms with van der Waals surface area (Å²) in [6, 6.07) is 0. The molecule has 51 heteroatoms. The van der Waals surface area contributed by atoms with Crippen LogP contribution in [-0.4, -0.2) is 45.1 Å². The molecule has 0 bridgehead atoms. The predicted octanol–water partition coefficient (Wildman–Crippen LogP) is -9.75. The fourth-order valence-corrected chi connectivity index (χ4v) is 1520. The first-order valence-corrected chi connectivity index (χ1v) is 104. The monoisotopic (exact) mass is 2890 g/mol. The van der Waals surface area contributed by atoms with Crippen LogP contribution in [0, 0.1) is 0 Å². The van der Waals surface area contributed by atoms with E-state index in [1.807, 2.05) is 0 Å². The Hall–Kier alpha value is 3.25. The van der Waals surface area contributed by atoms with Crippen LogP contribution in [0.4, 0.5) is 0 Å². The third-order valence-electron chi connectivity index (χ3n) is 9.61. The molecule has 0 amide bonds. The van der Waals surface area contributed by atoms with E-state index in [4.69, 9.17) is 0 Å². The Bertz CT molecular complexity index is 3110. The van der Waals surface area contributed by atoms with Crippen molar-refractivity contribution in [3.63, 3.8) is 0 Å². The van der Waals surface area contributed by atoms with Gasteiger partial charge in [-0.1, -0.05) is 0 Å². The molecule has 51 heavy (non-hydrogen) atoms. The molecule has 0 atom stereocenters. The molecule has 0 saturated carbocycles. The van der Waals surface area contributed by atoms with Gasteiger partial charge in [0.1, 0.15) is 0 Å². The van der Waals surface area contributed by atoms with Gasteiger partial charge in [0.2, 0.25) is 0 Å². The van der Waals surface area contributed by atoms with Gasteiger partial charge in [-0.3, -0.25) is 0 Å². The number of rotatable bonds is 13. The van der Waals surface area contributed by atoms with E-state index in [-0.39, 0.29) is 0 Å². The first-order valence-electron chi connectivity index (χ1n) is 8.13. The first-order chi connectivity index (χ1) is 20.4. The quantitative estimate of drug-likeness (QED) is 0.0815. The predicted molar refractivity (Wildman–Crippen MR) is 44.9 cm³/mol. The molecule has 0 aromatic heterocycles. The van der Waals surface area contributed by atoms with E-state index < -0.39 is 149 Å². The first kappa shape index (κ1) is 54.2. The zero-order valence-corrected chi connectivity index (χ0v) is 57.5. The van der Waals surface area contributed by atoms with Crippen molar-refractivity contribution >= 4 is 0 Å². The van der Waals surface area contributed by atoms with Gasteiger partial charge in [0.05, 0.1) is 0 Å². The summed E-state index contributed by atoms with van der Waals surface area (Å²) in [6.07, 6.45) is 0. The molecule has 0 spiro atoms. The molecule has 0 aromatic rings. The maximum atomic E-state index is 18.3. The number of hydrogen-bond donors (Lipinski definition) is 12. The molecule has 0 fully saturated rings. The Kier molecular flexibility index (Phi) is 6.50. The van der Waals surface area contributed by atoms with Crippen LogP contribution in [0.25, 0.3) is 0 Å². The summed E-state index contributed by atoms with van der Waals surface area (Å²) in [4.78, 5) is 0. The molecule has 0 aromatic carbocycles. The van der Waals surface area contributed by atoms with Gasteiger partial charge in [-0.2, -0.15) is 0 Å². The van der Waals surface area contributed by atoms with Gasteiger partial charge in [0.25, 0.3) is 0 Å². The van der Waals surface area contributed by atoms with Crippen LogP contribution in [0.2, 0.25) is 0 Å². The zero-order valence-electron chi connectivity index (χ0n) is 21.2. The molecule has 0 unspecified atom stereocenters. The number of hydrogen-bond acceptors (Lipinski definition) is 26. The standard InChI is InChI=1S/Co.12H2O.26O.12W/h;12*1H2;;;;;;;;;;;;;;;;;;;;;;;;;;;;;;;;;;;;;;/q;;;;;;;;;;;;;;;;;;;;;;;;;;;;;;;;;;;;;;;12*+1/p-12. The van der Waals surface area contributed by atoms with E-state index in [2.05, 4.69) is 0 Å². The summed E-state index contributed by atoms with van der Waals surface area (Å²) in [5.41, 5.74) is 0. The van der Waals surface area contributed by atoms with E-state index in [9.17, 15) is 127 Å². The molecule has 0 rings (SSSR count). The van der Waals surface area contributed by atoms with Crippen molar-refractivity contribution in [1.82, 2.24) is 0 Å². The molecule has 321 valence electrons.